The standard InChI is InChI=1S/C12H8BrN3S/c1-8-2-3-9(6-14)12(16-8)17-11-5-4-10(13)7-15-11/h2-5,7H,1H3. The number of halogens is 1. The second kappa shape index (κ2) is 5.30. The predicted molar refractivity (Wildman–Crippen MR) is 69.7 cm³/mol. The minimum Gasteiger partial charge on any atom is -0.248 e. The highest BCUT2D eigenvalue weighted by Gasteiger charge is 2.07. The minimum absolute atomic E-state index is 0.574. The summed E-state index contributed by atoms with van der Waals surface area (Å²) < 4.78 is 0.930. The van der Waals surface area contributed by atoms with Gasteiger partial charge in [0.05, 0.1) is 5.56 Å². The Labute approximate surface area is 112 Å². The van der Waals surface area contributed by atoms with Crippen molar-refractivity contribution in [3.05, 3.63) is 46.2 Å². The van der Waals surface area contributed by atoms with Gasteiger partial charge in [-0.2, -0.15) is 5.26 Å². The molecule has 2 aromatic heterocycles. The van der Waals surface area contributed by atoms with Crippen molar-refractivity contribution in [2.45, 2.75) is 17.0 Å². The Morgan fingerprint density at radius 3 is 2.76 bits per heavy atom. The molecule has 17 heavy (non-hydrogen) atoms. The SMILES string of the molecule is Cc1ccc(C#N)c(Sc2ccc(Br)cn2)n1. The van der Waals surface area contributed by atoms with Crippen molar-refractivity contribution in [3.63, 3.8) is 0 Å². The monoisotopic (exact) mass is 305 g/mol. The van der Waals surface area contributed by atoms with Crippen LogP contribution in [0.25, 0.3) is 0 Å². The normalized spacial score (nSPS) is 9.94. The summed E-state index contributed by atoms with van der Waals surface area (Å²) in [6, 6.07) is 9.55. The smallest absolute Gasteiger partial charge is 0.120 e. The number of pyridine rings is 2. The molecule has 0 fully saturated rings. The second-order valence-electron chi connectivity index (χ2n) is 3.33. The molecule has 0 unspecified atom stereocenters. The zero-order valence-corrected chi connectivity index (χ0v) is 11.4. The average molecular weight is 306 g/mol. The zero-order chi connectivity index (χ0) is 12.3. The Kier molecular flexibility index (Phi) is 3.77. The summed E-state index contributed by atoms with van der Waals surface area (Å²) in [7, 11) is 0. The van der Waals surface area contributed by atoms with Gasteiger partial charge < -0.3 is 0 Å². The van der Waals surface area contributed by atoms with Crippen LogP contribution in [-0.2, 0) is 0 Å². The van der Waals surface area contributed by atoms with Gasteiger partial charge in [0.25, 0.3) is 0 Å². The summed E-state index contributed by atoms with van der Waals surface area (Å²) in [6.07, 6.45) is 1.73. The summed E-state index contributed by atoms with van der Waals surface area (Å²) in [5, 5.41) is 10.5. The number of aromatic nitrogens is 2. The molecule has 0 aliphatic heterocycles. The summed E-state index contributed by atoms with van der Waals surface area (Å²) in [4.78, 5) is 8.60. The molecule has 2 rings (SSSR count). The molecule has 0 N–H and O–H groups in total. The van der Waals surface area contributed by atoms with E-state index in [0.717, 1.165) is 15.2 Å². The molecule has 0 atom stereocenters. The van der Waals surface area contributed by atoms with E-state index in [0.29, 0.717) is 10.6 Å². The fourth-order valence-electron chi connectivity index (χ4n) is 1.22. The van der Waals surface area contributed by atoms with Crippen LogP contribution in [-0.4, -0.2) is 9.97 Å². The first kappa shape index (κ1) is 12.1. The Balaban J connectivity index is 2.32. The third-order valence-corrected chi connectivity index (χ3v) is 3.45. The van der Waals surface area contributed by atoms with Gasteiger partial charge in [-0.3, -0.25) is 0 Å². The Bertz CT molecular complexity index is 575. The quantitative estimate of drug-likeness (QED) is 0.851. The van der Waals surface area contributed by atoms with Gasteiger partial charge in [-0.1, -0.05) is 0 Å². The molecule has 0 saturated carbocycles. The largest absolute Gasteiger partial charge is 0.248 e. The molecule has 0 bridgehead atoms. The zero-order valence-electron chi connectivity index (χ0n) is 9.01. The topological polar surface area (TPSA) is 49.6 Å². The van der Waals surface area contributed by atoms with Crippen molar-refractivity contribution in [3.8, 4) is 6.07 Å². The van der Waals surface area contributed by atoms with Crippen LogP contribution in [0.15, 0.2) is 45.0 Å². The summed E-state index contributed by atoms with van der Waals surface area (Å²) >= 11 is 4.73. The van der Waals surface area contributed by atoms with E-state index >= 15 is 0 Å². The number of nitrogens with zero attached hydrogens (tertiary/aromatic N) is 3. The fourth-order valence-corrected chi connectivity index (χ4v) is 2.30. The molecule has 0 aliphatic rings. The molecular formula is C12H8BrN3S. The molecule has 2 aromatic rings. The van der Waals surface area contributed by atoms with E-state index in [2.05, 4.69) is 32.0 Å². The van der Waals surface area contributed by atoms with Crippen molar-refractivity contribution >= 4 is 27.7 Å². The maximum atomic E-state index is 9.00. The van der Waals surface area contributed by atoms with Crippen LogP contribution < -0.4 is 0 Å². The van der Waals surface area contributed by atoms with Gasteiger partial charge in [0.1, 0.15) is 16.1 Å². The molecule has 0 spiro atoms. The third-order valence-electron chi connectivity index (χ3n) is 2.02. The third kappa shape index (κ3) is 3.05. The molecule has 84 valence electrons. The summed E-state index contributed by atoms with van der Waals surface area (Å²) in [5.74, 6) is 0. The van der Waals surface area contributed by atoms with Crippen molar-refractivity contribution in [2.75, 3.05) is 0 Å². The lowest BCUT2D eigenvalue weighted by Crippen LogP contribution is -1.90. The number of nitriles is 1. The van der Waals surface area contributed by atoms with Crippen molar-refractivity contribution in [1.82, 2.24) is 9.97 Å². The van der Waals surface area contributed by atoms with Crippen LogP contribution in [0.1, 0.15) is 11.3 Å². The molecule has 3 nitrogen and oxygen atoms in total. The molecule has 0 radical (unpaired) electrons. The van der Waals surface area contributed by atoms with Gasteiger partial charge in [0, 0.05) is 16.4 Å². The van der Waals surface area contributed by atoms with Gasteiger partial charge >= 0.3 is 0 Å². The van der Waals surface area contributed by atoms with Gasteiger partial charge in [0.2, 0.25) is 0 Å². The number of aryl methyl sites for hydroxylation is 1. The molecule has 5 heteroatoms. The van der Waals surface area contributed by atoms with E-state index in [1.807, 2.05) is 25.1 Å². The van der Waals surface area contributed by atoms with E-state index in [4.69, 9.17) is 5.26 Å². The van der Waals surface area contributed by atoms with Crippen LogP contribution in [0.4, 0.5) is 0 Å². The fraction of sp³-hybridized carbons (Fsp3) is 0.0833. The van der Waals surface area contributed by atoms with E-state index in [1.54, 1.807) is 12.3 Å². The number of hydrogen-bond acceptors (Lipinski definition) is 4. The first-order valence-electron chi connectivity index (χ1n) is 4.86. The van der Waals surface area contributed by atoms with Crippen molar-refractivity contribution in [1.29, 1.82) is 5.26 Å². The predicted octanol–water partition coefficient (Wildman–Crippen LogP) is 3.57. The Morgan fingerprint density at radius 1 is 1.29 bits per heavy atom. The first-order valence-corrected chi connectivity index (χ1v) is 6.47. The maximum Gasteiger partial charge on any atom is 0.120 e. The highest BCUT2D eigenvalue weighted by Crippen LogP contribution is 2.27. The van der Waals surface area contributed by atoms with E-state index < -0.39 is 0 Å². The van der Waals surface area contributed by atoms with Crippen LogP contribution in [0, 0.1) is 18.3 Å². The van der Waals surface area contributed by atoms with Crippen LogP contribution >= 0.6 is 27.7 Å². The van der Waals surface area contributed by atoms with E-state index in [9.17, 15) is 0 Å². The Morgan fingerprint density at radius 2 is 2.12 bits per heavy atom. The van der Waals surface area contributed by atoms with Gasteiger partial charge in [-0.15, -0.1) is 0 Å². The molecule has 0 aliphatic carbocycles. The number of hydrogen-bond donors (Lipinski definition) is 0. The molecular weight excluding hydrogens is 298 g/mol. The van der Waals surface area contributed by atoms with Crippen LogP contribution in [0.3, 0.4) is 0 Å². The molecule has 0 amide bonds. The maximum absolute atomic E-state index is 9.00. The van der Waals surface area contributed by atoms with Crippen molar-refractivity contribution < 1.29 is 0 Å². The van der Waals surface area contributed by atoms with E-state index in [1.165, 1.54) is 11.8 Å². The van der Waals surface area contributed by atoms with Gasteiger partial charge in [-0.25, -0.2) is 9.97 Å². The molecule has 0 aromatic carbocycles. The lowest BCUT2D eigenvalue weighted by atomic mass is 10.3. The summed E-state index contributed by atoms with van der Waals surface area (Å²) in [5.41, 5.74) is 1.47. The first-order chi connectivity index (χ1) is 8.19. The highest BCUT2D eigenvalue weighted by molar-refractivity contribution is 9.10. The van der Waals surface area contributed by atoms with E-state index in [-0.39, 0.29) is 0 Å². The molecule has 2 heterocycles. The van der Waals surface area contributed by atoms with Gasteiger partial charge in [0.15, 0.2) is 0 Å². The van der Waals surface area contributed by atoms with Crippen molar-refractivity contribution in [2.24, 2.45) is 0 Å². The van der Waals surface area contributed by atoms with Crippen LogP contribution in [0.2, 0.25) is 0 Å². The minimum atomic E-state index is 0.574. The summed E-state index contributed by atoms with van der Waals surface area (Å²) in [6.45, 7) is 1.90. The average Bonchev–Trinajstić information content (AvgIpc) is 2.32. The highest BCUT2D eigenvalue weighted by atomic mass is 79.9. The lowest BCUT2D eigenvalue weighted by Gasteiger charge is -2.03. The molecule has 0 saturated heterocycles. The van der Waals surface area contributed by atoms with Gasteiger partial charge in [-0.05, 0) is 58.9 Å². The lowest BCUT2D eigenvalue weighted by molar-refractivity contribution is 1.03. The Hall–Kier alpha value is -1.38. The van der Waals surface area contributed by atoms with Crippen LogP contribution in [0.5, 0.6) is 0 Å². The number of rotatable bonds is 2. The second-order valence-corrected chi connectivity index (χ2v) is 5.26.